The number of imide groups is 1. The number of nitrogens with one attached hydrogen (secondary N) is 2. The Morgan fingerprint density at radius 1 is 1.33 bits per heavy atom. The number of methoxy groups -OCH3 is 1. The first kappa shape index (κ1) is 29.0. The van der Waals surface area contributed by atoms with E-state index >= 15 is 0 Å². The molecule has 36 heavy (non-hydrogen) atoms. The van der Waals surface area contributed by atoms with Crippen LogP contribution in [0.25, 0.3) is 0 Å². The number of hydrogen-bond acceptors (Lipinski definition) is 8. The van der Waals surface area contributed by atoms with Gasteiger partial charge in [0.05, 0.1) is 17.9 Å². The second kappa shape index (κ2) is 13.2. The van der Waals surface area contributed by atoms with Crippen LogP contribution >= 0.6 is 11.8 Å². The normalized spacial score (nSPS) is 17.1. The molecule has 2 atom stereocenters. The lowest BCUT2D eigenvalue weighted by Gasteiger charge is -2.24. The highest BCUT2D eigenvalue weighted by Gasteiger charge is 2.39. The first-order valence-electron chi connectivity index (χ1n) is 11.6. The number of allylic oxidation sites excluding steroid dienone is 2. The Morgan fingerprint density at radius 3 is 2.67 bits per heavy atom. The lowest BCUT2D eigenvalue weighted by Crippen LogP contribution is -2.44. The van der Waals surface area contributed by atoms with Gasteiger partial charge in [0.15, 0.2) is 0 Å². The van der Waals surface area contributed by atoms with Gasteiger partial charge < -0.3 is 15.4 Å². The van der Waals surface area contributed by atoms with Crippen molar-refractivity contribution in [3.63, 3.8) is 0 Å². The molecule has 0 aliphatic carbocycles. The van der Waals surface area contributed by atoms with E-state index in [9.17, 15) is 24.0 Å². The SMILES string of the molecule is C/C=C(\C)CC(C)(C)C(=O)NCCN1C(=O)CC(SCC(NC(=O)c2cccnc2)C(=O)OC)C1=O. The number of esters is 1. The van der Waals surface area contributed by atoms with Gasteiger partial charge >= 0.3 is 5.97 Å². The molecule has 1 aliphatic heterocycles. The molecule has 2 unspecified atom stereocenters. The summed E-state index contributed by atoms with van der Waals surface area (Å²) in [5.74, 6) is -2.00. The van der Waals surface area contributed by atoms with E-state index < -0.39 is 28.6 Å². The molecule has 196 valence electrons. The average Bonchev–Trinajstić information content (AvgIpc) is 3.13. The Balaban J connectivity index is 1.90. The van der Waals surface area contributed by atoms with Gasteiger partial charge in [-0.1, -0.05) is 25.5 Å². The van der Waals surface area contributed by atoms with Gasteiger partial charge in [0.1, 0.15) is 6.04 Å². The quantitative estimate of drug-likeness (QED) is 0.243. The zero-order chi connectivity index (χ0) is 26.9. The van der Waals surface area contributed by atoms with Gasteiger partial charge in [-0.2, -0.15) is 0 Å². The summed E-state index contributed by atoms with van der Waals surface area (Å²) in [7, 11) is 1.21. The fourth-order valence-electron chi connectivity index (χ4n) is 3.68. The molecular formula is C25H34N4O6S. The number of thioether (sulfide) groups is 1. The van der Waals surface area contributed by atoms with Crippen LogP contribution in [0.4, 0.5) is 0 Å². The third-order valence-electron chi connectivity index (χ3n) is 5.83. The van der Waals surface area contributed by atoms with Gasteiger partial charge in [-0.25, -0.2) is 4.79 Å². The molecule has 0 spiro atoms. The Labute approximate surface area is 215 Å². The summed E-state index contributed by atoms with van der Waals surface area (Å²) in [4.78, 5) is 67.5. The van der Waals surface area contributed by atoms with Crippen LogP contribution in [0, 0.1) is 5.41 Å². The van der Waals surface area contributed by atoms with E-state index in [0.29, 0.717) is 6.42 Å². The van der Waals surface area contributed by atoms with Crippen molar-refractivity contribution in [3.05, 3.63) is 41.7 Å². The van der Waals surface area contributed by atoms with Gasteiger partial charge in [0, 0.05) is 43.1 Å². The number of nitrogens with zero attached hydrogens (tertiary/aromatic N) is 2. The van der Waals surface area contributed by atoms with Crippen molar-refractivity contribution in [1.82, 2.24) is 20.5 Å². The van der Waals surface area contributed by atoms with E-state index in [2.05, 4.69) is 15.6 Å². The van der Waals surface area contributed by atoms with E-state index in [1.165, 1.54) is 19.5 Å². The van der Waals surface area contributed by atoms with Gasteiger partial charge in [0.2, 0.25) is 17.7 Å². The largest absolute Gasteiger partial charge is 0.467 e. The number of ether oxygens (including phenoxy) is 1. The Kier molecular flexibility index (Phi) is 10.6. The second-order valence-corrected chi connectivity index (χ2v) is 10.4. The lowest BCUT2D eigenvalue weighted by molar-refractivity contribution is -0.142. The third kappa shape index (κ3) is 7.91. The molecule has 1 aliphatic rings. The average molecular weight is 519 g/mol. The Bertz CT molecular complexity index is 1010. The van der Waals surface area contributed by atoms with Crippen molar-refractivity contribution in [2.75, 3.05) is 26.0 Å². The maximum Gasteiger partial charge on any atom is 0.329 e. The number of likely N-dealkylation sites (tertiary alicyclic amines) is 1. The van der Waals surface area contributed by atoms with E-state index in [1.54, 1.807) is 12.1 Å². The van der Waals surface area contributed by atoms with Gasteiger partial charge in [-0.05, 0) is 32.4 Å². The van der Waals surface area contributed by atoms with E-state index in [-0.39, 0.29) is 48.5 Å². The molecule has 2 rings (SSSR count). The number of carbonyl (C=O) groups is 5. The molecule has 11 heteroatoms. The number of hydrogen-bond donors (Lipinski definition) is 2. The molecule has 2 N–H and O–H groups in total. The first-order chi connectivity index (χ1) is 17.0. The van der Waals surface area contributed by atoms with Crippen LogP contribution in [0.5, 0.6) is 0 Å². The summed E-state index contributed by atoms with van der Waals surface area (Å²) < 4.78 is 4.78. The van der Waals surface area contributed by atoms with Crippen LogP contribution in [0.1, 0.15) is 50.9 Å². The molecule has 1 fully saturated rings. The van der Waals surface area contributed by atoms with Gasteiger partial charge in [0.25, 0.3) is 5.91 Å². The van der Waals surface area contributed by atoms with Crippen molar-refractivity contribution in [2.24, 2.45) is 5.41 Å². The van der Waals surface area contributed by atoms with E-state index in [4.69, 9.17) is 4.74 Å². The smallest absolute Gasteiger partial charge is 0.329 e. The van der Waals surface area contributed by atoms with Crippen LogP contribution < -0.4 is 10.6 Å². The predicted octanol–water partition coefficient (Wildman–Crippen LogP) is 1.71. The minimum atomic E-state index is -1.01. The fourth-order valence-corrected chi connectivity index (χ4v) is 4.85. The second-order valence-electron chi connectivity index (χ2n) is 9.15. The van der Waals surface area contributed by atoms with Crippen molar-refractivity contribution in [2.45, 2.75) is 51.8 Å². The highest BCUT2D eigenvalue weighted by molar-refractivity contribution is 8.00. The maximum absolute atomic E-state index is 12.8. The molecule has 4 amide bonds. The molecule has 2 heterocycles. The number of rotatable bonds is 12. The zero-order valence-corrected chi connectivity index (χ0v) is 22.1. The number of carbonyl (C=O) groups excluding carboxylic acids is 5. The Hall–Kier alpha value is -3.21. The fraction of sp³-hybridized carbons (Fsp3) is 0.520. The monoisotopic (exact) mass is 518 g/mol. The van der Waals surface area contributed by atoms with E-state index in [1.807, 2.05) is 33.8 Å². The summed E-state index contributed by atoms with van der Waals surface area (Å²) >= 11 is 1.11. The topological polar surface area (TPSA) is 135 Å². The summed E-state index contributed by atoms with van der Waals surface area (Å²) in [6, 6.07) is 2.15. The first-order valence-corrected chi connectivity index (χ1v) is 12.7. The van der Waals surface area contributed by atoms with Crippen LogP contribution in [-0.2, 0) is 23.9 Å². The predicted molar refractivity (Wildman–Crippen MR) is 136 cm³/mol. The minimum absolute atomic E-state index is 0.0200. The Morgan fingerprint density at radius 2 is 2.06 bits per heavy atom. The minimum Gasteiger partial charge on any atom is -0.467 e. The molecule has 0 aromatic carbocycles. The highest BCUT2D eigenvalue weighted by atomic mass is 32.2. The highest BCUT2D eigenvalue weighted by Crippen LogP contribution is 2.27. The van der Waals surface area contributed by atoms with Crippen molar-refractivity contribution < 1.29 is 28.7 Å². The molecule has 1 aromatic heterocycles. The van der Waals surface area contributed by atoms with Crippen LogP contribution in [0.3, 0.4) is 0 Å². The summed E-state index contributed by atoms with van der Waals surface area (Å²) in [5, 5.41) is 4.71. The summed E-state index contributed by atoms with van der Waals surface area (Å²) in [6.07, 6.45) is 5.44. The standard InChI is InChI=1S/C25H34N4O6S/c1-6-16(2)13-25(3,4)24(34)27-10-11-29-20(30)12-19(22(29)32)36-15-18(23(33)35-5)28-21(31)17-8-7-9-26-14-17/h6-9,14,18-19H,10-13,15H2,1-5H3,(H,27,34)(H,28,31)/b16-6+. The maximum atomic E-state index is 12.8. The van der Waals surface area contributed by atoms with Crippen molar-refractivity contribution in [1.29, 1.82) is 0 Å². The number of pyridine rings is 1. The van der Waals surface area contributed by atoms with Gasteiger partial charge in [-0.3, -0.25) is 29.1 Å². The number of aromatic nitrogens is 1. The summed E-state index contributed by atoms with van der Waals surface area (Å²) in [5.41, 5.74) is 0.763. The molecule has 0 saturated carbocycles. The zero-order valence-electron chi connectivity index (χ0n) is 21.3. The summed E-state index contributed by atoms with van der Waals surface area (Å²) in [6.45, 7) is 7.79. The molecule has 10 nitrogen and oxygen atoms in total. The van der Waals surface area contributed by atoms with Crippen molar-refractivity contribution in [3.8, 4) is 0 Å². The molecular weight excluding hydrogens is 484 g/mol. The molecule has 1 saturated heterocycles. The van der Waals surface area contributed by atoms with Gasteiger partial charge in [-0.15, -0.1) is 11.8 Å². The van der Waals surface area contributed by atoms with Crippen LogP contribution in [0.15, 0.2) is 36.2 Å². The van der Waals surface area contributed by atoms with E-state index in [0.717, 1.165) is 22.2 Å². The molecule has 0 bridgehead atoms. The molecule has 1 aromatic rings. The lowest BCUT2D eigenvalue weighted by atomic mass is 9.85. The van der Waals surface area contributed by atoms with Crippen LogP contribution in [0.2, 0.25) is 0 Å². The number of amides is 4. The van der Waals surface area contributed by atoms with Crippen LogP contribution in [-0.4, -0.2) is 76.7 Å². The third-order valence-corrected chi connectivity index (χ3v) is 7.13. The van der Waals surface area contributed by atoms with Crippen molar-refractivity contribution >= 4 is 41.4 Å². The molecule has 0 radical (unpaired) electrons.